The van der Waals surface area contributed by atoms with E-state index in [0.29, 0.717) is 17.9 Å². The maximum absolute atomic E-state index is 15.0. The van der Waals surface area contributed by atoms with Crippen molar-refractivity contribution in [3.63, 3.8) is 0 Å². The molecule has 0 heterocycles. The van der Waals surface area contributed by atoms with Crippen LogP contribution < -0.4 is 5.32 Å². The number of allylic oxidation sites excluding steroid dienone is 5. The van der Waals surface area contributed by atoms with Crippen molar-refractivity contribution in [1.82, 2.24) is 5.32 Å². The van der Waals surface area contributed by atoms with Gasteiger partial charge in [0.1, 0.15) is 5.82 Å². The van der Waals surface area contributed by atoms with Crippen LogP contribution >= 0.6 is 0 Å². The Bertz CT molecular complexity index is 744. The van der Waals surface area contributed by atoms with Crippen LogP contribution in [-0.4, -0.2) is 12.4 Å². The van der Waals surface area contributed by atoms with Gasteiger partial charge in [-0.05, 0) is 67.5 Å². The Balaban J connectivity index is 3.59. The number of aryl methyl sites for hydroxylation is 2. The maximum atomic E-state index is 15.0. The van der Waals surface area contributed by atoms with Gasteiger partial charge < -0.3 is 5.32 Å². The van der Waals surface area contributed by atoms with Crippen LogP contribution in [0.25, 0.3) is 5.57 Å². The van der Waals surface area contributed by atoms with E-state index in [1.807, 2.05) is 26.0 Å². The summed E-state index contributed by atoms with van der Waals surface area (Å²) >= 11 is 0. The summed E-state index contributed by atoms with van der Waals surface area (Å²) in [6.07, 6.45) is 10.6. The minimum Gasteiger partial charge on any atom is -0.370 e. The monoisotopic (exact) mass is 368 g/mol. The molecular weight excluding hydrogens is 335 g/mol. The first kappa shape index (κ1) is 22.6. The largest absolute Gasteiger partial charge is 0.370 e. The van der Waals surface area contributed by atoms with Gasteiger partial charge in [0, 0.05) is 12.1 Å². The van der Waals surface area contributed by atoms with Crippen molar-refractivity contribution >= 4 is 11.4 Å². The first-order valence-electron chi connectivity index (χ1n) is 9.63. The number of amidine groups is 1. The second-order valence-electron chi connectivity index (χ2n) is 6.77. The van der Waals surface area contributed by atoms with Gasteiger partial charge >= 0.3 is 0 Å². The van der Waals surface area contributed by atoms with Gasteiger partial charge in [0.25, 0.3) is 0 Å². The lowest BCUT2D eigenvalue weighted by Crippen LogP contribution is -2.23. The average Bonchev–Trinajstić information content (AvgIpc) is 2.59. The van der Waals surface area contributed by atoms with Gasteiger partial charge in [0.05, 0.1) is 5.84 Å². The molecule has 1 aromatic carbocycles. The summed E-state index contributed by atoms with van der Waals surface area (Å²) in [5.74, 6) is 0.200. The quantitative estimate of drug-likeness (QED) is 0.290. The number of nitrogens with one attached hydrogen (secondary N) is 2. The fourth-order valence-corrected chi connectivity index (χ4v) is 3.17. The molecule has 27 heavy (non-hydrogen) atoms. The van der Waals surface area contributed by atoms with Gasteiger partial charge in [-0.2, -0.15) is 0 Å². The highest BCUT2D eigenvalue weighted by Gasteiger charge is 2.15. The lowest BCUT2D eigenvalue weighted by molar-refractivity contribution is 0.619. The summed E-state index contributed by atoms with van der Waals surface area (Å²) < 4.78 is 15.0. The summed E-state index contributed by atoms with van der Waals surface area (Å²) in [6.45, 7) is 14.1. The van der Waals surface area contributed by atoms with E-state index in [2.05, 4.69) is 37.9 Å². The van der Waals surface area contributed by atoms with Crippen LogP contribution in [-0.2, 0) is 6.42 Å². The molecule has 0 amide bonds. The van der Waals surface area contributed by atoms with Crippen molar-refractivity contribution in [1.29, 1.82) is 5.41 Å². The normalized spacial score (nSPS) is 12.9. The SMILES string of the molecule is C=C/C=C(\C=C/CC)C(/CNC(C)=N)=C(/C)c1c(C)cc(CCC)cc1F. The van der Waals surface area contributed by atoms with Gasteiger partial charge in [-0.15, -0.1) is 0 Å². The maximum Gasteiger partial charge on any atom is 0.131 e. The highest BCUT2D eigenvalue weighted by Crippen LogP contribution is 2.30. The minimum atomic E-state index is -0.183. The van der Waals surface area contributed by atoms with Crippen molar-refractivity contribution in [2.75, 3.05) is 6.54 Å². The van der Waals surface area contributed by atoms with E-state index in [1.165, 1.54) is 0 Å². The lowest BCUT2D eigenvalue weighted by Gasteiger charge is -2.18. The molecule has 146 valence electrons. The summed E-state index contributed by atoms with van der Waals surface area (Å²) in [5, 5.41) is 10.8. The van der Waals surface area contributed by atoms with Crippen LogP contribution in [0.5, 0.6) is 0 Å². The fraction of sp³-hybridized carbons (Fsp3) is 0.375. The molecular formula is C24H33FN2. The Hall–Kier alpha value is -2.42. The van der Waals surface area contributed by atoms with E-state index >= 15 is 0 Å². The van der Waals surface area contributed by atoms with Crippen LogP contribution in [0.4, 0.5) is 4.39 Å². The van der Waals surface area contributed by atoms with Crippen molar-refractivity contribution in [2.24, 2.45) is 0 Å². The van der Waals surface area contributed by atoms with Crippen LogP contribution in [0, 0.1) is 18.2 Å². The lowest BCUT2D eigenvalue weighted by atomic mass is 9.90. The predicted molar refractivity (Wildman–Crippen MR) is 117 cm³/mol. The fourth-order valence-electron chi connectivity index (χ4n) is 3.17. The number of hydrogen-bond acceptors (Lipinski definition) is 1. The Morgan fingerprint density at radius 2 is 1.96 bits per heavy atom. The van der Waals surface area contributed by atoms with E-state index in [-0.39, 0.29) is 5.82 Å². The molecule has 0 fully saturated rings. The molecule has 2 nitrogen and oxygen atoms in total. The third-order valence-electron chi connectivity index (χ3n) is 4.42. The summed E-state index contributed by atoms with van der Waals surface area (Å²) in [6, 6.07) is 3.73. The molecule has 1 aromatic rings. The summed E-state index contributed by atoms with van der Waals surface area (Å²) in [5.41, 5.74) is 5.46. The summed E-state index contributed by atoms with van der Waals surface area (Å²) in [7, 11) is 0. The van der Waals surface area contributed by atoms with Crippen LogP contribution in [0.3, 0.4) is 0 Å². The number of benzene rings is 1. The van der Waals surface area contributed by atoms with E-state index in [4.69, 9.17) is 5.41 Å². The van der Waals surface area contributed by atoms with E-state index in [0.717, 1.165) is 47.1 Å². The van der Waals surface area contributed by atoms with Crippen LogP contribution in [0.1, 0.15) is 57.2 Å². The zero-order valence-corrected chi connectivity index (χ0v) is 17.4. The van der Waals surface area contributed by atoms with Gasteiger partial charge in [0.15, 0.2) is 0 Å². The molecule has 0 aliphatic carbocycles. The van der Waals surface area contributed by atoms with E-state index < -0.39 is 0 Å². The predicted octanol–water partition coefficient (Wildman–Crippen LogP) is 6.53. The molecule has 0 saturated carbocycles. The standard InChI is InChI=1S/C24H33FN2/c1-7-10-13-21(12-9-3)22(16-27-19(6)26)18(5)24-17(4)14-20(11-8-2)15-23(24)25/h9-10,12-15H,3,7-8,11,16H2,1-2,4-6H3,(H2,26,27)/b13-10-,21-12+,22-18-. The molecule has 0 aromatic heterocycles. The van der Waals surface area contributed by atoms with Crippen molar-refractivity contribution in [3.05, 3.63) is 76.7 Å². The van der Waals surface area contributed by atoms with Gasteiger partial charge in [0.2, 0.25) is 0 Å². The Morgan fingerprint density at radius 1 is 1.26 bits per heavy atom. The molecule has 3 heteroatoms. The smallest absolute Gasteiger partial charge is 0.131 e. The number of rotatable bonds is 9. The van der Waals surface area contributed by atoms with Crippen molar-refractivity contribution in [2.45, 2.75) is 53.9 Å². The molecule has 0 aliphatic rings. The Labute approximate surface area is 164 Å². The Morgan fingerprint density at radius 3 is 2.48 bits per heavy atom. The molecule has 0 aliphatic heterocycles. The molecule has 0 spiro atoms. The average molecular weight is 369 g/mol. The highest BCUT2D eigenvalue weighted by molar-refractivity contribution is 5.79. The topological polar surface area (TPSA) is 35.9 Å². The first-order valence-corrected chi connectivity index (χ1v) is 9.63. The molecule has 0 saturated heterocycles. The van der Waals surface area contributed by atoms with Crippen molar-refractivity contribution in [3.8, 4) is 0 Å². The second kappa shape index (κ2) is 11.3. The van der Waals surface area contributed by atoms with Crippen molar-refractivity contribution < 1.29 is 4.39 Å². The molecule has 0 radical (unpaired) electrons. The highest BCUT2D eigenvalue weighted by atomic mass is 19.1. The Kier molecular flexibility index (Phi) is 9.49. The van der Waals surface area contributed by atoms with Crippen LogP contribution in [0.2, 0.25) is 0 Å². The summed E-state index contributed by atoms with van der Waals surface area (Å²) in [4.78, 5) is 0. The van der Waals surface area contributed by atoms with Gasteiger partial charge in [-0.25, -0.2) is 4.39 Å². The molecule has 1 rings (SSSR count). The molecule has 0 atom stereocenters. The zero-order valence-electron chi connectivity index (χ0n) is 17.4. The second-order valence-corrected chi connectivity index (χ2v) is 6.77. The molecule has 0 unspecified atom stereocenters. The van der Waals surface area contributed by atoms with E-state index in [1.54, 1.807) is 19.1 Å². The van der Waals surface area contributed by atoms with Gasteiger partial charge in [-0.3, -0.25) is 5.41 Å². The van der Waals surface area contributed by atoms with Crippen LogP contribution in [0.15, 0.2) is 54.2 Å². The zero-order chi connectivity index (χ0) is 20.4. The number of hydrogen-bond donors (Lipinski definition) is 2. The number of halogens is 1. The molecule has 0 bridgehead atoms. The van der Waals surface area contributed by atoms with Gasteiger partial charge in [-0.1, -0.05) is 57.2 Å². The minimum absolute atomic E-state index is 0.183. The van der Waals surface area contributed by atoms with E-state index in [9.17, 15) is 4.39 Å². The molecule has 2 N–H and O–H groups in total. The third-order valence-corrected chi connectivity index (χ3v) is 4.42. The first-order chi connectivity index (χ1) is 12.8. The third kappa shape index (κ3) is 6.67.